The molecule has 0 spiro atoms. The van der Waals surface area contributed by atoms with Crippen LogP contribution >= 0.6 is 0 Å². The first kappa shape index (κ1) is 24.0. The molecular weight excluding hydrogens is 462 g/mol. The number of aliphatic hydroxyl groups is 1. The van der Waals surface area contributed by atoms with Crippen molar-refractivity contribution in [1.29, 1.82) is 5.26 Å². The highest BCUT2D eigenvalue weighted by atomic mass is 16.3. The molecule has 1 aromatic carbocycles. The molecule has 2 fully saturated rings. The molecule has 7 heteroatoms. The Labute approximate surface area is 217 Å². The molecule has 7 nitrogen and oxygen atoms in total. The summed E-state index contributed by atoms with van der Waals surface area (Å²) in [7, 11) is 0. The van der Waals surface area contributed by atoms with Crippen LogP contribution in [0, 0.1) is 11.3 Å². The second-order valence-corrected chi connectivity index (χ2v) is 10.9. The van der Waals surface area contributed by atoms with Crippen LogP contribution in [0.25, 0.3) is 10.9 Å². The van der Waals surface area contributed by atoms with Crippen LogP contribution in [0.15, 0.2) is 48.8 Å². The average Bonchev–Trinajstić information content (AvgIpc) is 3.19. The molecule has 1 amide bonds. The van der Waals surface area contributed by atoms with Gasteiger partial charge in [-0.3, -0.25) is 19.7 Å². The minimum absolute atomic E-state index is 0.0135. The highest BCUT2D eigenvalue weighted by Gasteiger charge is 2.43. The summed E-state index contributed by atoms with van der Waals surface area (Å²) in [5, 5.41) is 21.9. The molecule has 1 saturated carbocycles. The molecule has 37 heavy (non-hydrogen) atoms. The van der Waals surface area contributed by atoms with Gasteiger partial charge < -0.3 is 10.0 Å². The first-order valence-corrected chi connectivity index (χ1v) is 13.5. The fourth-order valence-electron chi connectivity index (χ4n) is 6.78. The fraction of sp³-hybridized carbons (Fsp3) is 0.467. The van der Waals surface area contributed by atoms with Crippen molar-refractivity contribution in [3.63, 3.8) is 0 Å². The molecule has 0 bridgehead atoms. The third-order valence-electron chi connectivity index (χ3n) is 8.84. The van der Waals surface area contributed by atoms with E-state index in [9.17, 15) is 15.2 Å². The standard InChI is InChI=1S/C30H33N5O2/c1-20-27-23(29(37)35(20)24-8-2-3-9-25(24)36)17-21(22-7-6-14-33-28(22)27)18-34-15-11-30(19-31,12-16-34)26-10-4-5-13-32-26/h4-7,10,13-14,17,20,24-25,36H,2-3,8-9,11-12,15-16,18H2,1H3/t20-,24+,25+/m1/s1. The summed E-state index contributed by atoms with van der Waals surface area (Å²) in [6, 6.07) is 14.2. The highest BCUT2D eigenvalue weighted by molar-refractivity contribution is 6.05. The van der Waals surface area contributed by atoms with Crippen LogP contribution in [0.5, 0.6) is 0 Å². The molecule has 1 aliphatic carbocycles. The quantitative estimate of drug-likeness (QED) is 0.573. The number of likely N-dealkylation sites (tertiary alicyclic amines) is 1. The molecule has 0 radical (unpaired) electrons. The van der Waals surface area contributed by atoms with E-state index in [1.807, 2.05) is 29.2 Å². The minimum Gasteiger partial charge on any atom is -0.391 e. The average molecular weight is 496 g/mol. The zero-order valence-electron chi connectivity index (χ0n) is 21.3. The van der Waals surface area contributed by atoms with Gasteiger partial charge in [0.25, 0.3) is 5.91 Å². The van der Waals surface area contributed by atoms with Crippen molar-refractivity contribution >= 4 is 16.8 Å². The number of carbonyl (C=O) groups excluding carboxylic acids is 1. The predicted molar refractivity (Wildman–Crippen MR) is 141 cm³/mol. The lowest BCUT2D eigenvalue weighted by Gasteiger charge is -2.37. The van der Waals surface area contributed by atoms with E-state index in [1.165, 1.54) is 0 Å². The van der Waals surface area contributed by atoms with Crippen LogP contribution in [0.3, 0.4) is 0 Å². The Morgan fingerprint density at radius 2 is 1.89 bits per heavy atom. The number of amides is 1. The zero-order valence-corrected chi connectivity index (χ0v) is 21.3. The summed E-state index contributed by atoms with van der Waals surface area (Å²) >= 11 is 0. The zero-order chi connectivity index (χ0) is 25.6. The largest absolute Gasteiger partial charge is 0.391 e. The maximum absolute atomic E-state index is 13.8. The maximum atomic E-state index is 13.8. The van der Waals surface area contributed by atoms with Crippen molar-refractivity contribution in [2.45, 2.75) is 75.6 Å². The lowest BCUT2D eigenvalue weighted by atomic mass is 9.76. The second kappa shape index (κ2) is 9.51. The Morgan fingerprint density at radius 1 is 1.11 bits per heavy atom. The van der Waals surface area contributed by atoms with Crippen LogP contribution in [-0.2, 0) is 12.0 Å². The Balaban J connectivity index is 1.29. The molecule has 1 saturated heterocycles. The van der Waals surface area contributed by atoms with E-state index in [-0.39, 0.29) is 18.0 Å². The first-order chi connectivity index (χ1) is 18.0. The van der Waals surface area contributed by atoms with Gasteiger partial charge in [-0.1, -0.05) is 25.0 Å². The van der Waals surface area contributed by atoms with Gasteiger partial charge in [0.05, 0.1) is 35.5 Å². The number of carbonyl (C=O) groups is 1. The summed E-state index contributed by atoms with van der Waals surface area (Å²) in [6.45, 7) is 4.34. The molecular formula is C30H33N5O2. The number of benzene rings is 1. The van der Waals surface area contributed by atoms with Gasteiger partial charge in [0.2, 0.25) is 0 Å². The molecule has 3 aliphatic rings. The van der Waals surface area contributed by atoms with Crippen molar-refractivity contribution in [3.8, 4) is 6.07 Å². The Bertz CT molecular complexity index is 1360. The van der Waals surface area contributed by atoms with Crippen molar-refractivity contribution in [1.82, 2.24) is 19.8 Å². The molecule has 2 aliphatic heterocycles. The lowest BCUT2D eigenvalue weighted by Crippen LogP contribution is -2.46. The number of pyridine rings is 2. The Morgan fingerprint density at radius 3 is 2.62 bits per heavy atom. The summed E-state index contributed by atoms with van der Waals surface area (Å²) in [5.74, 6) is 0.0135. The third-order valence-corrected chi connectivity index (χ3v) is 8.84. The lowest BCUT2D eigenvalue weighted by molar-refractivity contribution is 0.00975. The molecule has 0 unspecified atom stereocenters. The van der Waals surface area contributed by atoms with Crippen molar-refractivity contribution in [3.05, 3.63) is 71.2 Å². The van der Waals surface area contributed by atoms with E-state index in [4.69, 9.17) is 4.98 Å². The van der Waals surface area contributed by atoms with E-state index in [0.717, 1.165) is 84.9 Å². The predicted octanol–water partition coefficient (Wildman–Crippen LogP) is 4.51. The van der Waals surface area contributed by atoms with E-state index in [0.29, 0.717) is 6.54 Å². The van der Waals surface area contributed by atoms with E-state index < -0.39 is 11.5 Å². The van der Waals surface area contributed by atoms with Crippen molar-refractivity contribution < 1.29 is 9.90 Å². The second-order valence-electron chi connectivity index (χ2n) is 10.9. The van der Waals surface area contributed by atoms with Gasteiger partial charge in [-0.2, -0.15) is 5.26 Å². The normalized spacial score (nSPS) is 25.7. The molecule has 3 aromatic rings. The van der Waals surface area contributed by atoms with Crippen molar-refractivity contribution in [2.24, 2.45) is 0 Å². The number of fused-ring (bicyclic) bond motifs is 3. The number of aliphatic hydroxyl groups excluding tert-OH is 1. The van der Waals surface area contributed by atoms with Crippen LogP contribution in [-0.4, -0.2) is 56.0 Å². The molecule has 2 aromatic heterocycles. The van der Waals surface area contributed by atoms with Crippen LogP contribution in [0.4, 0.5) is 0 Å². The maximum Gasteiger partial charge on any atom is 0.255 e. The molecule has 190 valence electrons. The number of nitriles is 1. The van der Waals surface area contributed by atoms with E-state index >= 15 is 0 Å². The summed E-state index contributed by atoms with van der Waals surface area (Å²) < 4.78 is 0. The summed E-state index contributed by atoms with van der Waals surface area (Å²) in [6.07, 6.45) is 8.19. The monoisotopic (exact) mass is 495 g/mol. The third kappa shape index (κ3) is 4.00. The number of nitrogens with zero attached hydrogens (tertiary/aromatic N) is 5. The topological polar surface area (TPSA) is 93.3 Å². The Kier molecular flexibility index (Phi) is 6.18. The minimum atomic E-state index is -0.550. The smallest absolute Gasteiger partial charge is 0.255 e. The first-order valence-electron chi connectivity index (χ1n) is 13.5. The van der Waals surface area contributed by atoms with Crippen LogP contribution in [0.1, 0.15) is 78.7 Å². The van der Waals surface area contributed by atoms with Gasteiger partial charge >= 0.3 is 0 Å². The summed E-state index contributed by atoms with van der Waals surface area (Å²) in [5.41, 5.74) is 4.00. The Hall–Kier alpha value is -3.34. The van der Waals surface area contributed by atoms with Crippen molar-refractivity contribution in [2.75, 3.05) is 13.1 Å². The van der Waals surface area contributed by atoms with Gasteiger partial charge in [-0.25, -0.2) is 0 Å². The number of piperidine rings is 1. The van der Waals surface area contributed by atoms with Gasteiger partial charge in [0.1, 0.15) is 5.41 Å². The van der Waals surface area contributed by atoms with Crippen LogP contribution in [0.2, 0.25) is 0 Å². The van der Waals surface area contributed by atoms with E-state index in [1.54, 1.807) is 12.4 Å². The van der Waals surface area contributed by atoms with Crippen LogP contribution < -0.4 is 0 Å². The van der Waals surface area contributed by atoms with Gasteiger partial charge in [-0.05, 0) is 62.4 Å². The molecule has 1 N–H and O–H groups in total. The number of hydrogen-bond acceptors (Lipinski definition) is 6. The SMILES string of the molecule is C[C@@H]1c2c(cc(CN3CCC(C#N)(c4ccccn4)CC3)c3cccnc23)C(=O)N1[C@H]1CCCC[C@@H]1O. The van der Waals surface area contributed by atoms with Gasteiger partial charge in [0, 0.05) is 48.5 Å². The van der Waals surface area contributed by atoms with E-state index in [2.05, 4.69) is 35.0 Å². The number of hydrogen-bond donors (Lipinski definition) is 1. The fourth-order valence-corrected chi connectivity index (χ4v) is 6.78. The van der Waals surface area contributed by atoms with Gasteiger partial charge in [0.15, 0.2) is 0 Å². The summed E-state index contributed by atoms with van der Waals surface area (Å²) in [4.78, 5) is 27.3. The van der Waals surface area contributed by atoms with Gasteiger partial charge in [-0.15, -0.1) is 0 Å². The number of rotatable bonds is 4. The molecule has 3 atom stereocenters. The number of aromatic nitrogens is 2. The molecule has 6 rings (SSSR count). The molecule has 4 heterocycles. The highest BCUT2D eigenvalue weighted by Crippen LogP contribution is 2.43.